The van der Waals surface area contributed by atoms with E-state index in [0.29, 0.717) is 11.0 Å². The van der Waals surface area contributed by atoms with E-state index in [1.165, 1.54) is 24.6 Å². The predicted molar refractivity (Wildman–Crippen MR) is 95.3 cm³/mol. The maximum atomic E-state index is 12.8. The highest BCUT2D eigenvalue weighted by Gasteiger charge is 2.58. The van der Waals surface area contributed by atoms with Crippen LogP contribution in [-0.4, -0.2) is 46.5 Å². The minimum atomic E-state index is -1.01. The number of carbonyl (C=O) groups is 5. The van der Waals surface area contributed by atoms with Crippen LogP contribution in [0, 0.1) is 5.41 Å². The summed E-state index contributed by atoms with van der Waals surface area (Å²) < 4.78 is 0. The summed E-state index contributed by atoms with van der Waals surface area (Å²) in [7, 11) is 0. The Morgan fingerprint density at radius 1 is 1.11 bits per heavy atom. The highest BCUT2D eigenvalue weighted by molar-refractivity contribution is 6.24. The first-order valence-corrected chi connectivity index (χ1v) is 9.56. The molecule has 1 spiro atoms. The van der Waals surface area contributed by atoms with Gasteiger partial charge in [0.1, 0.15) is 6.04 Å². The summed E-state index contributed by atoms with van der Waals surface area (Å²) in [5, 5.41) is 5.18. The summed E-state index contributed by atoms with van der Waals surface area (Å²) in [5.74, 6) is -2.50. The van der Waals surface area contributed by atoms with Crippen molar-refractivity contribution in [3.63, 3.8) is 0 Å². The molecule has 0 radical (unpaired) electrons. The Labute approximate surface area is 160 Å². The molecule has 1 aromatic carbocycles. The Morgan fingerprint density at radius 2 is 1.86 bits per heavy atom. The maximum absolute atomic E-state index is 12.8. The van der Waals surface area contributed by atoms with Crippen LogP contribution in [0.5, 0.6) is 0 Å². The number of nitrogens with one attached hydrogen (secondary N) is 2. The molecule has 1 saturated heterocycles. The van der Waals surface area contributed by atoms with Gasteiger partial charge in [-0.25, -0.2) is 0 Å². The van der Waals surface area contributed by atoms with Crippen LogP contribution in [-0.2, 0) is 9.59 Å². The first kappa shape index (κ1) is 17.1. The van der Waals surface area contributed by atoms with Crippen LogP contribution >= 0.6 is 0 Å². The van der Waals surface area contributed by atoms with Crippen molar-refractivity contribution in [3.8, 4) is 0 Å². The molecule has 0 bridgehead atoms. The highest BCUT2D eigenvalue weighted by atomic mass is 16.2. The topological polar surface area (TPSA) is 113 Å². The number of carbonyl (C=O) groups excluding carboxylic acids is 5. The largest absolute Gasteiger partial charge is 0.349 e. The Hall–Kier alpha value is -3.03. The van der Waals surface area contributed by atoms with Gasteiger partial charge in [-0.05, 0) is 49.3 Å². The third kappa shape index (κ3) is 2.40. The summed E-state index contributed by atoms with van der Waals surface area (Å²) in [5.41, 5.74) is 0.914. The van der Waals surface area contributed by atoms with E-state index in [2.05, 4.69) is 10.6 Å². The van der Waals surface area contributed by atoms with Gasteiger partial charge in [0.15, 0.2) is 0 Å². The van der Waals surface area contributed by atoms with E-state index >= 15 is 0 Å². The minimum absolute atomic E-state index is 0.0700. The zero-order chi connectivity index (χ0) is 19.6. The number of amides is 5. The molecule has 2 aliphatic heterocycles. The first-order chi connectivity index (χ1) is 13.4. The van der Waals surface area contributed by atoms with Crippen LogP contribution in [0.25, 0.3) is 0 Å². The van der Waals surface area contributed by atoms with Crippen molar-refractivity contribution in [1.29, 1.82) is 0 Å². The molecule has 2 atom stereocenters. The third-order valence-electron chi connectivity index (χ3n) is 6.55. The molecule has 28 heavy (non-hydrogen) atoms. The predicted octanol–water partition coefficient (Wildman–Crippen LogP) is 0.760. The number of piperidine rings is 1. The second-order valence-electron chi connectivity index (χ2n) is 8.15. The average molecular weight is 381 g/mol. The summed E-state index contributed by atoms with van der Waals surface area (Å²) >= 11 is 0. The van der Waals surface area contributed by atoms with Crippen molar-refractivity contribution < 1.29 is 24.0 Å². The van der Waals surface area contributed by atoms with E-state index in [0.717, 1.165) is 24.2 Å². The van der Waals surface area contributed by atoms with Crippen LogP contribution in [0.1, 0.15) is 69.6 Å². The Morgan fingerprint density at radius 3 is 2.50 bits per heavy atom. The molecular formula is C20H19N3O5. The van der Waals surface area contributed by atoms with Gasteiger partial charge in [0.05, 0.1) is 11.1 Å². The molecule has 2 unspecified atom stereocenters. The van der Waals surface area contributed by atoms with Crippen molar-refractivity contribution >= 4 is 29.5 Å². The molecule has 0 aromatic heterocycles. The highest BCUT2D eigenvalue weighted by Crippen LogP contribution is 2.60. The zero-order valence-electron chi connectivity index (χ0n) is 15.1. The second kappa shape index (κ2) is 5.73. The summed E-state index contributed by atoms with van der Waals surface area (Å²) in [6.07, 6.45) is 4.68. The number of nitrogens with zero attached hydrogens (tertiary/aromatic N) is 1. The van der Waals surface area contributed by atoms with Crippen molar-refractivity contribution in [3.05, 3.63) is 34.9 Å². The zero-order valence-corrected chi connectivity index (χ0v) is 15.1. The van der Waals surface area contributed by atoms with Gasteiger partial charge in [-0.15, -0.1) is 0 Å². The molecule has 2 heterocycles. The van der Waals surface area contributed by atoms with Gasteiger partial charge in [0, 0.05) is 18.0 Å². The van der Waals surface area contributed by atoms with Crippen LogP contribution in [0.3, 0.4) is 0 Å². The van der Waals surface area contributed by atoms with Gasteiger partial charge in [0.2, 0.25) is 11.8 Å². The molecule has 2 aliphatic carbocycles. The second-order valence-corrected chi connectivity index (χ2v) is 8.15. The molecule has 5 rings (SSSR count). The minimum Gasteiger partial charge on any atom is -0.349 e. The van der Waals surface area contributed by atoms with Crippen LogP contribution in [0.2, 0.25) is 0 Å². The van der Waals surface area contributed by atoms with Gasteiger partial charge in [-0.3, -0.25) is 34.2 Å². The van der Waals surface area contributed by atoms with Crippen molar-refractivity contribution in [1.82, 2.24) is 15.5 Å². The van der Waals surface area contributed by atoms with Gasteiger partial charge >= 0.3 is 0 Å². The van der Waals surface area contributed by atoms with E-state index in [-0.39, 0.29) is 35.9 Å². The van der Waals surface area contributed by atoms with E-state index in [1.807, 2.05) is 0 Å². The van der Waals surface area contributed by atoms with E-state index in [1.54, 1.807) is 0 Å². The van der Waals surface area contributed by atoms with Crippen LogP contribution in [0.4, 0.5) is 0 Å². The molecule has 8 heteroatoms. The van der Waals surface area contributed by atoms with E-state index in [4.69, 9.17) is 0 Å². The molecule has 3 fully saturated rings. The fraction of sp³-hybridized carbons (Fsp3) is 0.450. The number of imide groups is 2. The number of hydrogen-bond donors (Lipinski definition) is 2. The SMILES string of the molecule is O=C1CCC(N2C(=O)c3ccc(C(=O)NC4CC45CCC5)cc3C2=O)C(=O)N1. The fourth-order valence-electron chi connectivity index (χ4n) is 4.59. The van der Waals surface area contributed by atoms with Gasteiger partial charge in [0.25, 0.3) is 17.7 Å². The van der Waals surface area contributed by atoms with E-state index in [9.17, 15) is 24.0 Å². The Bertz CT molecular complexity index is 965. The first-order valence-electron chi connectivity index (χ1n) is 9.56. The van der Waals surface area contributed by atoms with Gasteiger partial charge in [-0.1, -0.05) is 6.42 Å². The fourth-order valence-corrected chi connectivity index (χ4v) is 4.59. The molecular weight excluding hydrogens is 362 g/mol. The van der Waals surface area contributed by atoms with Gasteiger partial charge in [-0.2, -0.15) is 0 Å². The van der Waals surface area contributed by atoms with Crippen LogP contribution < -0.4 is 10.6 Å². The maximum Gasteiger partial charge on any atom is 0.262 e. The average Bonchev–Trinajstić information content (AvgIpc) is 3.32. The smallest absolute Gasteiger partial charge is 0.262 e. The van der Waals surface area contributed by atoms with Gasteiger partial charge < -0.3 is 5.32 Å². The lowest BCUT2D eigenvalue weighted by Crippen LogP contribution is -2.54. The van der Waals surface area contributed by atoms with Crippen molar-refractivity contribution in [2.75, 3.05) is 0 Å². The molecule has 2 saturated carbocycles. The number of hydrogen-bond acceptors (Lipinski definition) is 5. The molecule has 4 aliphatic rings. The molecule has 1 aromatic rings. The van der Waals surface area contributed by atoms with E-state index < -0.39 is 29.7 Å². The van der Waals surface area contributed by atoms with Crippen LogP contribution in [0.15, 0.2) is 18.2 Å². The number of benzene rings is 1. The van der Waals surface area contributed by atoms with Crippen molar-refractivity contribution in [2.24, 2.45) is 5.41 Å². The monoisotopic (exact) mass is 381 g/mol. The lowest BCUT2D eigenvalue weighted by atomic mass is 9.81. The molecule has 8 nitrogen and oxygen atoms in total. The standard InChI is InChI=1S/C20H19N3O5/c24-15-5-4-13(17(26)22-15)23-18(27)11-3-2-10(8-12(11)19(23)28)16(25)21-14-9-20(14)6-1-7-20/h2-3,8,13-14H,1,4-7,9H2,(H,21,25)(H,22,24,26). The van der Waals surface area contributed by atoms with Crippen molar-refractivity contribution in [2.45, 2.75) is 50.6 Å². The lowest BCUT2D eigenvalue weighted by Gasteiger charge is -2.27. The summed E-state index contributed by atoms with van der Waals surface area (Å²) in [6.45, 7) is 0. The molecule has 5 amide bonds. The molecule has 144 valence electrons. The molecule has 2 N–H and O–H groups in total. The quantitative estimate of drug-likeness (QED) is 0.751. The summed E-state index contributed by atoms with van der Waals surface area (Å²) in [6, 6.07) is 3.60. The summed E-state index contributed by atoms with van der Waals surface area (Å²) in [4.78, 5) is 62.4. The normalized spacial score (nSPS) is 27.4. The Balaban J connectivity index is 1.36. The Kier molecular flexibility index (Phi) is 3.50. The number of fused-ring (bicyclic) bond motifs is 1. The third-order valence-corrected chi connectivity index (χ3v) is 6.55. The lowest BCUT2D eigenvalue weighted by molar-refractivity contribution is -0.136. The number of rotatable bonds is 3.